The number of aliphatic imine (C=N–C) groups is 1. The lowest BCUT2D eigenvalue weighted by Crippen LogP contribution is -2.24. The van der Waals surface area contributed by atoms with Crippen molar-refractivity contribution in [3.05, 3.63) is 27.7 Å². The van der Waals surface area contributed by atoms with Gasteiger partial charge in [0.05, 0.1) is 5.69 Å². The molecule has 0 atom stereocenters. The third-order valence-electron chi connectivity index (χ3n) is 2.31. The molecule has 0 aromatic heterocycles. The Labute approximate surface area is 112 Å². The number of hydrogen-bond donors (Lipinski definition) is 2. The van der Waals surface area contributed by atoms with Gasteiger partial charge < -0.3 is 11.1 Å². The molecule has 0 spiro atoms. The molecule has 17 heavy (non-hydrogen) atoms. The second-order valence-corrected chi connectivity index (χ2v) is 5.54. The predicted molar refractivity (Wildman–Crippen MR) is 78.6 cm³/mol. The van der Waals surface area contributed by atoms with Crippen molar-refractivity contribution in [3.8, 4) is 0 Å². The number of guanidine groups is 1. The van der Waals surface area contributed by atoms with E-state index in [1.807, 2.05) is 0 Å². The highest BCUT2D eigenvalue weighted by Crippen LogP contribution is 2.27. The highest BCUT2D eigenvalue weighted by Gasteiger charge is 2.05. The molecule has 0 saturated heterocycles. The zero-order valence-electron chi connectivity index (χ0n) is 10.8. The largest absolute Gasteiger partial charge is 0.370 e. The van der Waals surface area contributed by atoms with Gasteiger partial charge in [0.15, 0.2) is 5.96 Å². The molecule has 0 unspecified atom stereocenters. The van der Waals surface area contributed by atoms with Crippen molar-refractivity contribution in [2.24, 2.45) is 16.6 Å². The third kappa shape index (κ3) is 4.38. The van der Waals surface area contributed by atoms with Crippen LogP contribution in [0.2, 0.25) is 0 Å². The Morgan fingerprint density at radius 2 is 2.06 bits per heavy atom. The first-order valence-electron chi connectivity index (χ1n) is 5.74. The molecule has 1 rings (SSSR count). The molecule has 0 heterocycles. The molecule has 0 saturated carbocycles. The van der Waals surface area contributed by atoms with Crippen LogP contribution in [0.25, 0.3) is 0 Å². The summed E-state index contributed by atoms with van der Waals surface area (Å²) in [5, 5.41) is 3.14. The molecule has 3 nitrogen and oxygen atoms in total. The maximum Gasteiger partial charge on any atom is 0.193 e. The topological polar surface area (TPSA) is 50.4 Å². The molecule has 94 valence electrons. The molecule has 1 aromatic carbocycles. The van der Waals surface area contributed by atoms with E-state index in [9.17, 15) is 0 Å². The number of halogens is 1. The van der Waals surface area contributed by atoms with E-state index in [1.54, 1.807) is 0 Å². The highest BCUT2D eigenvalue weighted by atomic mass is 79.9. The number of rotatable bonds is 3. The van der Waals surface area contributed by atoms with Crippen molar-refractivity contribution in [2.75, 3.05) is 11.9 Å². The monoisotopic (exact) mass is 297 g/mol. The summed E-state index contributed by atoms with van der Waals surface area (Å²) in [4.78, 5) is 4.29. The van der Waals surface area contributed by atoms with E-state index >= 15 is 0 Å². The average molecular weight is 298 g/mol. The van der Waals surface area contributed by atoms with Crippen molar-refractivity contribution in [3.63, 3.8) is 0 Å². The first kappa shape index (κ1) is 14.0. The standard InChI is InChI=1S/C13H20BrN3/c1-8(2)7-16-13(15)17-12-10(4)5-9(3)6-11(12)14/h5-6,8H,7H2,1-4H3,(H3,15,16,17). The first-order chi connectivity index (χ1) is 7.90. The van der Waals surface area contributed by atoms with Crippen LogP contribution in [0, 0.1) is 19.8 Å². The zero-order chi connectivity index (χ0) is 13.0. The molecule has 0 radical (unpaired) electrons. The summed E-state index contributed by atoms with van der Waals surface area (Å²) in [5.74, 6) is 0.976. The van der Waals surface area contributed by atoms with E-state index in [4.69, 9.17) is 5.73 Å². The molecule has 0 fully saturated rings. The molecular formula is C13H20BrN3. The van der Waals surface area contributed by atoms with E-state index in [0.717, 1.165) is 22.3 Å². The van der Waals surface area contributed by atoms with Gasteiger partial charge in [-0.15, -0.1) is 0 Å². The third-order valence-corrected chi connectivity index (χ3v) is 2.94. The van der Waals surface area contributed by atoms with Crippen molar-refractivity contribution in [1.29, 1.82) is 0 Å². The van der Waals surface area contributed by atoms with Gasteiger partial charge in [-0.25, -0.2) is 0 Å². The number of nitrogens with two attached hydrogens (primary N) is 1. The number of nitrogens with zero attached hydrogens (tertiary/aromatic N) is 1. The van der Waals surface area contributed by atoms with Crippen LogP contribution in [0.5, 0.6) is 0 Å². The van der Waals surface area contributed by atoms with Crippen molar-refractivity contribution < 1.29 is 0 Å². The Kier molecular flexibility index (Phi) is 5.00. The van der Waals surface area contributed by atoms with Gasteiger partial charge in [0.2, 0.25) is 0 Å². The Morgan fingerprint density at radius 1 is 1.41 bits per heavy atom. The van der Waals surface area contributed by atoms with Crippen LogP contribution in [0.4, 0.5) is 5.69 Å². The van der Waals surface area contributed by atoms with Gasteiger partial charge in [0.25, 0.3) is 0 Å². The molecule has 0 aliphatic rings. The van der Waals surface area contributed by atoms with E-state index in [1.165, 1.54) is 5.56 Å². The minimum absolute atomic E-state index is 0.464. The lowest BCUT2D eigenvalue weighted by atomic mass is 10.1. The first-order valence-corrected chi connectivity index (χ1v) is 6.53. The van der Waals surface area contributed by atoms with E-state index < -0.39 is 0 Å². The normalized spacial score (nSPS) is 12.0. The summed E-state index contributed by atoms with van der Waals surface area (Å²) in [5.41, 5.74) is 9.21. The fourth-order valence-corrected chi connectivity index (χ4v) is 2.30. The molecule has 0 aliphatic heterocycles. The van der Waals surface area contributed by atoms with Gasteiger partial charge in [-0.3, -0.25) is 4.99 Å². The van der Waals surface area contributed by atoms with Gasteiger partial charge >= 0.3 is 0 Å². The molecule has 0 amide bonds. The van der Waals surface area contributed by atoms with Crippen LogP contribution >= 0.6 is 15.9 Å². The summed E-state index contributed by atoms with van der Waals surface area (Å²) in [6.45, 7) is 9.09. The second-order valence-electron chi connectivity index (χ2n) is 4.68. The number of anilines is 1. The van der Waals surface area contributed by atoms with Gasteiger partial charge in [0, 0.05) is 11.0 Å². The molecule has 3 N–H and O–H groups in total. The molecule has 1 aromatic rings. The minimum atomic E-state index is 0.464. The maximum atomic E-state index is 5.85. The lowest BCUT2D eigenvalue weighted by molar-refractivity contribution is 0.665. The number of nitrogens with one attached hydrogen (secondary N) is 1. The van der Waals surface area contributed by atoms with Crippen LogP contribution in [0.1, 0.15) is 25.0 Å². The van der Waals surface area contributed by atoms with E-state index in [2.05, 4.69) is 66.1 Å². The molecular weight excluding hydrogens is 278 g/mol. The summed E-state index contributed by atoms with van der Waals surface area (Å²) < 4.78 is 1.01. The van der Waals surface area contributed by atoms with Crippen molar-refractivity contribution >= 4 is 27.6 Å². The van der Waals surface area contributed by atoms with Gasteiger partial charge in [-0.05, 0) is 52.9 Å². The van der Waals surface area contributed by atoms with Gasteiger partial charge in [-0.2, -0.15) is 0 Å². The second kappa shape index (κ2) is 6.05. The van der Waals surface area contributed by atoms with E-state index in [0.29, 0.717) is 11.9 Å². The number of hydrogen-bond acceptors (Lipinski definition) is 1. The van der Waals surface area contributed by atoms with Crippen molar-refractivity contribution in [1.82, 2.24) is 0 Å². The Morgan fingerprint density at radius 3 is 2.59 bits per heavy atom. The van der Waals surface area contributed by atoms with Gasteiger partial charge in [0.1, 0.15) is 0 Å². The smallest absolute Gasteiger partial charge is 0.193 e. The summed E-state index contributed by atoms with van der Waals surface area (Å²) in [6.07, 6.45) is 0. The molecule has 4 heteroatoms. The Balaban J connectivity index is 2.85. The van der Waals surface area contributed by atoms with Gasteiger partial charge in [-0.1, -0.05) is 19.9 Å². The van der Waals surface area contributed by atoms with Crippen LogP contribution in [-0.2, 0) is 0 Å². The fraction of sp³-hybridized carbons (Fsp3) is 0.462. The lowest BCUT2D eigenvalue weighted by Gasteiger charge is -2.12. The van der Waals surface area contributed by atoms with E-state index in [-0.39, 0.29) is 0 Å². The van der Waals surface area contributed by atoms with Crippen LogP contribution in [0.3, 0.4) is 0 Å². The average Bonchev–Trinajstić information content (AvgIpc) is 2.20. The van der Waals surface area contributed by atoms with Crippen LogP contribution in [0.15, 0.2) is 21.6 Å². The van der Waals surface area contributed by atoms with Crippen molar-refractivity contribution in [2.45, 2.75) is 27.7 Å². The fourth-order valence-electron chi connectivity index (χ4n) is 1.52. The maximum absolute atomic E-state index is 5.85. The number of aryl methyl sites for hydroxylation is 2. The zero-order valence-corrected chi connectivity index (χ0v) is 12.4. The minimum Gasteiger partial charge on any atom is -0.370 e. The summed E-state index contributed by atoms with van der Waals surface area (Å²) in [7, 11) is 0. The predicted octanol–water partition coefficient (Wildman–Crippen LogP) is 3.45. The molecule has 0 bridgehead atoms. The number of benzene rings is 1. The van der Waals surface area contributed by atoms with Crippen LogP contribution < -0.4 is 11.1 Å². The van der Waals surface area contributed by atoms with Crippen LogP contribution in [-0.4, -0.2) is 12.5 Å². The molecule has 0 aliphatic carbocycles. The Bertz CT molecular complexity index is 402. The highest BCUT2D eigenvalue weighted by molar-refractivity contribution is 9.10. The SMILES string of the molecule is Cc1cc(C)c(NC(N)=NCC(C)C)c(Br)c1. The summed E-state index contributed by atoms with van der Waals surface area (Å²) in [6, 6.07) is 4.17. The Hall–Kier alpha value is -1.03. The summed E-state index contributed by atoms with van der Waals surface area (Å²) >= 11 is 3.53. The quantitative estimate of drug-likeness (QED) is 0.663.